The lowest BCUT2D eigenvalue weighted by atomic mass is 10.3. The summed E-state index contributed by atoms with van der Waals surface area (Å²) >= 11 is 0. The van der Waals surface area contributed by atoms with E-state index in [2.05, 4.69) is 10.0 Å². The number of carbonyl (C=O) groups excluding carboxylic acids is 2. The molecule has 9 heteroatoms. The van der Waals surface area contributed by atoms with Gasteiger partial charge in [0, 0.05) is 12.2 Å². The first-order valence-electron chi connectivity index (χ1n) is 8.64. The van der Waals surface area contributed by atoms with E-state index in [-0.39, 0.29) is 17.9 Å². The van der Waals surface area contributed by atoms with Crippen LogP contribution < -0.4 is 14.8 Å². The number of benzene rings is 2. The fourth-order valence-corrected chi connectivity index (χ4v) is 3.24. The maximum Gasteiger partial charge on any atom is 0.307 e. The average molecular weight is 406 g/mol. The molecule has 0 unspecified atom stereocenters. The number of ether oxygens (including phenoxy) is 2. The van der Waals surface area contributed by atoms with Gasteiger partial charge in [0.2, 0.25) is 10.0 Å². The first-order valence-corrected chi connectivity index (χ1v) is 10.1. The van der Waals surface area contributed by atoms with Crippen molar-refractivity contribution in [2.75, 3.05) is 25.1 Å². The Bertz CT molecular complexity index is 882. The van der Waals surface area contributed by atoms with Gasteiger partial charge in [-0.25, -0.2) is 13.1 Å². The van der Waals surface area contributed by atoms with Crippen LogP contribution in [0.3, 0.4) is 0 Å². The number of carbonyl (C=O) groups is 2. The molecule has 0 radical (unpaired) electrons. The maximum absolute atomic E-state index is 12.0. The molecular formula is C19H22N2O6S. The molecule has 0 heterocycles. The minimum atomic E-state index is -3.68. The van der Waals surface area contributed by atoms with Crippen LogP contribution in [0.15, 0.2) is 59.5 Å². The highest BCUT2D eigenvalue weighted by atomic mass is 32.2. The third kappa shape index (κ3) is 7.01. The standard InChI is InChI=1S/C19H22N2O6S/c1-2-26-16-10-8-15(9-11-16)21-18(22)14-27-19(23)12-13-20-28(24,25)17-6-4-3-5-7-17/h3-11,20H,2,12-14H2,1H3,(H,21,22). The Morgan fingerprint density at radius 3 is 2.32 bits per heavy atom. The number of hydrogen-bond donors (Lipinski definition) is 2. The van der Waals surface area contributed by atoms with Gasteiger partial charge in [-0.2, -0.15) is 0 Å². The van der Waals surface area contributed by atoms with E-state index in [0.29, 0.717) is 18.0 Å². The molecule has 0 spiro atoms. The molecule has 2 aromatic rings. The largest absolute Gasteiger partial charge is 0.494 e. The van der Waals surface area contributed by atoms with E-state index in [1.54, 1.807) is 42.5 Å². The summed E-state index contributed by atoms with van der Waals surface area (Å²) in [4.78, 5) is 23.6. The molecular weight excluding hydrogens is 384 g/mol. The molecule has 0 saturated heterocycles. The van der Waals surface area contributed by atoms with Crippen LogP contribution in [0, 0.1) is 0 Å². The fourth-order valence-electron chi connectivity index (χ4n) is 2.19. The number of sulfonamides is 1. The minimum Gasteiger partial charge on any atom is -0.494 e. The molecule has 2 N–H and O–H groups in total. The first kappa shape index (κ1) is 21.4. The van der Waals surface area contributed by atoms with Crippen LogP contribution in [0.4, 0.5) is 5.69 Å². The highest BCUT2D eigenvalue weighted by Gasteiger charge is 2.14. The van der Waals surface area contributed by atoms with E-state index < -0.39 is 28.5 Å². The van der Waals surface area contributed by atoms with E-state index in [0.717, 1.165) is 0 Å². The Morgan fingerprint density at radius 2 is 1.68 bits per heavy atom. The third-order valence-corrected chi connectivity index (χ3v) is 4.96. The molecule has 0 aliphatic heterocycles. The second kappa shape index (κ2) is 10.4. The maximum atomic E-state index is 12.0. The number of nitrogens with one attached hydrogen (secondary N) is 2. The zero-order chi connectivity index (χ0) is 20.4. The van der Waals surface area contributed by atoms with Gasteiger partial charge < -0.3 is 14.8 Å². The molecule has 0 atom stereocenters. The molecule has 0 bridgehead atoms. The van der Waals surface area contributed by atoms with Gasteiger partial charge in [0.25, 0.3) is 5.91 Å². The molecule has 0 aliphatic carbocycles. The Morgan fingerprint density at radius 1 is 1.00 bits per heavy atom. The summed E-state index contributed by atoms with van der Waals surface area (Å²) in [7, 11) is -3.68. The predicted octanol–water partition coefficient (Wildman–Crippen LogP) is 1.94. The highest BCUT2D eigenvalue weighted by Crippen LogP contribution is 2.15. The van der Waals surface area contributed by atoms with E-state index in [1.807, 2.05) is 6.92 Å². The van der Waals surface area contributed by atoms with Gasteiger partial charge in [-0.3, -0.25) is 9.59 Å². The van der Waals surface area contributed by atoms with Gasteiger partial charge in [-0.1, -0.05) is 18.2 Å². The lowest BCUT2D eigenvalue weighted by Crippen LogP contribution is -2.27. The van der Waals surface area contributed by atoms with Crippen molar-refractivity contribution in [2.45, 2.75) is 18.2 Å². The topological polar surface area (TPSA) is 111 Å². The van der Waals surface area contributed by atoms with Gasteiger partial charge in [-0.05, 0) is 43.3 Å². The zero-order valence-electron chi connectivity index (χ0n) is 15.4. The normalized spacial score (nSPS) is 10.9. The van der Waals surface area contributed by atoms with Gasteiger partial charge >= 0.3 is 5.97 Å². The zero-order valence-corrected chi connectivity index (χ0v) is 16.2. The van der Waals surface area contributed by atoms with Crippen molar-refractivity contribution in [3.8, 4) is 5.75 Å². The van der Waals surface area contributed by atoms with Crippen molar-refractivity contribution in [1.29, 1.82) is 0 Å². The molecule has 28 heavy (non-hydrogen) atoms. The molecule has 0 aromatic heterocycles. The Balaban J connectivity index is 1.69. The summed E-state index contributed by atoms with van der Waals surface area (Å²) in [5, 5.41) is 2.59. The van der Waals surface area contributed by atoms with Gasteiger partial charge in [0.15, 0.2) is 6.61 Å². The van der Waals surface area contributed by atoms with Crippen molar-refractivity contribution >= 4 is 27.6 Å². The monoisotopic (exact) mass is 406 g/mol. The SMILES string of the molecule is CCOc1ccc(NC(=O)COC(=O)CCNS(=O)(=O)c2ccccc2)cc1. The van der Waals surface area contributed by atoms with Crippen LogP contribution >= 0.6 is 0 Å². The van der Waals surface area contributed by atoms with Crippen LogP contribution in [0.1, 0.15) is 13.3 Å². The van der Waals surface area contributed by atoms with Gasteiger partial charge in [-0.15, -0.1) is 0 Å². The van der Waals surface area contributed by atoms with E-state index in [9.17, 15) is 18.0 Å². The molecule has 8 nitrogen and oxygen atoms in total. The van der Waals surface area contributed by atoms with Crippen molar-refractivity contribution in [1.82, 2.24) is 4.72 Å². The van der Waals surface area contributed by atoms with Crippen LogP contribution in [0.2, 0.25) is 0 Å². The van der Waals surface area contributed by atoms with Crippen LogP contribution in [-0.2, 0) is 24.3 Å². The summed E-state index contributed by atoms with van der Waals surface area (Å²) in [6.07, 6.45) is -0.192. The highest BCUT2D eigenvalue weighted by molar-refractivity contribution is 7.89. The van der Waals surface area contributed by atoms with Crippen LogP contribution in [-0.4, -0.2) is 40.1 Å². The molecule has 150 valence electrons. The number of anilines is 1. The lowest BCUT2D eigenvalue weighted by Gasteiger charge is -2.09. The van der Waals surface area contributed by atoms with Crippen LogP contribution in [0.25, 0.3) is 0 Å². The molecule has 0 fully saturated rings. The Labute approximate surface area is 163 Å². The summed E-state index contributed by atoms with van der Waals surface area (Å²) in [5.41, 5.74) is 0.542. The average Bonchev–Trinajstić information content (AvgIpc) is 2.69. The van der Waals surface area contributed by atoms with Crippen LogP contribution in [0.5, 0.6) is 5.75 Å². The fraction of sp³-hybridized carbons (Fsp3) is 0.263. The van der Waals surface area contributed by atoms with Crippen molar-refractivity contribution < 1.29 is 27.5 Å². The second-order valence-corrected chi connectivity index (χ2v) is 7.39. The Hall–Kier alpha value is -2.91. The first-order chi connectivity index (χ1) is 13.4. The van der Waals surface area contributed by atoms with Gasteiger partial charge in [0.05, 0.1) is 17.9 Å². The quantitative estimate of drug-likeness (QED) is 0.584. The Kier molecular flexibility index (Phi) is 7.97. The van der Waals surface area contributed by atoms with E-state index in [4.69, 9.17) is 9.47 Å². The molecule has 2 aromatic carbocycles. The number of amides is 1. The minimum absolute atomic E-state index is 0.109. The smallest absolute Gasteiger partial charge is 0.307 e. The summed E-state index contributed by atoms with van der Waals surface area (Å²) < 4.78 is 36.5. The van der Waals surface area contributed by atoms with Crippen molar-refractivity contribution in [3.63, 3.8) is 0 Å². The van der Waals surface area contributed by atoms with E-state index in [1.165, 1.54) is 12.1 Å². The number of rotatable bonds is 10. The second-order valence-electron chi connectivity index (χ2n) is 5.63. The molecule has 2 rings (SSSR count). The molecule has 1 amide bonds. The number of hydrogen-bond acceptors (Lipinski definition) is 6. The number of esters is 1. The molecule has 0 aliphatic rings. The summed E-state index contributed by atoms with van der Waals surface area (Å²) in [6.45, 7) is 1.83. The van der Waals surface area contributed by atoms with Crippen molar-refractivity contribution in [2.24, 2.45) is 0 Å². The van der Waals surface area contributed by atoms with E-state index >= 15 is 0 Å². The predicted molar refractivity (Wildman–Crippen MR) is 103 cm³/mol. The summed E-state index contributed by atoms with van der Waals surface area (Å²) in [6, 6.07) is 14.6. The summed E-state index contributed by atoms with van der Waals surface area (Å²) in [5.74, 6) is -0.495. The lowest BCUT2D eigenvalue weighted by molar-refractivity contribution is -0.147. The molecule has 0 saturated carbocycles. The van der Waals surface area contributed by atoms with Gasteiger partial charge in [0.1, 0.15) is 5.75 Å². The third-order valence-electron chi connectivity index (χ3n) is 3.49. The van der Waals surface area contributed by atoms with Crippen molar-refractivity contribution in [3.05, 3.63) is 54.6 Å².